The number of nitrogens with one attached hydrogen (secondary N) is 3. The fourth-order valence-electron chi connectivity index (χ4n) is 3.15. The Bertz CT molecular complexity index is 1100. The van der Waals surface area contributed by atoms with Gasteiger partial charge in [0.2, 0.25) is 5.89 Å². The second-order valence-electron chi connectivity index (χ2n) is 7.78. The SMILES string of the molecule is COc1ccc(-c2nc(CCNC(=O)Nc3cc(C(=O)NC4CC4)ccc3C)co2)cc1. The third-order valence-corrected chi connectivity index (χ3v) is 5.22. The van der Waals surface area contributed by atoms with Crippen molar-refractivity contribution in [1.82, 2.24) is 15.6 Å². The van der Waals surface area contributed by atoms with Gasteiger partial charge >= 0.3 is 6.03 Å². The zero-order valence-corrected chi connectivity index (χ0v) is 18.1. The quantitative estimate of drug-likeness (QED) is 0.498. The number of rotatable bonds is 8. The molecule has 8 heteroatoms. The molecule has 1 aromatic heterocycles. The molecule has 1 aliphatic rings. The van der Waals surface area contributed by atoms with Crippen molar-refractivity contribution < 1.29 is 18.7 Å². The van der Waals surface area contributed by atoms with E-state index in [0.29, 0.717) is 30.1 Å². The first kappa shape index (κ1) is 21.4. The van der Waals surface area contributed by atoms with Gasteiger partial charge in [0, 0.05) is 35.8 Å². The lowest BCUT2D eigenvalue weighted by atomic mass is 10.1. The molecule has 1 fully saturated rings. The van der Waals surface area contributed by atoms with Crippen LogP contribution in [0.15, 0.2) is 53.1 Å². The molecule has 0 unspecified atom stereocenters. The number of aromatic nitrogens is 1. The summed E-state index contributed by atoms with van der Waals surface area (Å²) >= 11 is 0. The van der Waals surface area contributed by atoms with Gasteiger partial charge in [-0.2, -0.15) is 0 Å². The summed E-state index contributed by atoms with van der Waals surface area (Å²) in [6.45, 7) is 2.27. The molecule has 1 heterocycles. The molecule has 166 valence electrons. The van der Waals surface area contributed by atoms with Gasteiger partial charge in [-0.3, -0.25) is 4.79 Å². The summed E-state index contributed by atoms with van der Waals surface area (Å²) in [6.07, 6.45) is 4.16. The minimum atomic E-state index is -0.341. The van der Waals surface area contributed by atoms with Crippen LogP contribution in [0.2, 0.25) is 0 Å². The predicted octanol–water partition coefficient (Wildman–Crippen LogP) is 3.92. The largest absolute Gasteiger partial charge is 0.497 e. The van der Waals surface area contributed by atoms with E-state index in [1.165, 1.54) is 0 Å². The molecule has 0 spiro atoms. The first-order valence-electron chi connectivity index (χ1n) is 10.6. The highest BCUT2D eigenvalue weighted by Crippen LogP contribution is 2.22. The maximum absolute atomic E-state index is 12.3. The molecule has 8 nitrogen and oxygen atoms in total. The van der Waals surface area contributed by atoms with E-state index < -0.39 is 0 Å². The third kappa shape index (κ3) is 5.46. The zero-order chi connectivity index (χ0) is 22.5. The number of anilines is 1. The number of methoxy groups -OCH3 is 1. The normalized spacial score (nSPS) is 12.8. The van der Waals surface area contributed by atoms with Gasteiger partial charge in [-0.25, -0.2) is 9.78 Å². The lowest BCUT2D eigenvalue weighted by Crippen LogP contribution is -2.31. The number of aryl methyl sites for hydroxylation is 1. The first-order valence-corrected chi connectivity index (χ1v) is 10.6. The van der Waals surface area contributed by atoms with Crippen LogP contribution in [-0.4, -0.2) is 36.6 Å². The number of ether oxygens (including phenoxy) is 1. The van der Waals surface area contributed by atoms with Crippen LogP contribution in [0.4, 0.5) is 10.5 Å². The molecule has 0 saturated heterocycles. The van der Waals surface area contributed by atoms with Crippen LogP contribution in [0, 0.1) is 6.92 Å². The van der Waals surface area contributed by atoms with Crippen LogP contribution >= 0.6 is 0 Å². The number of hydrogen-bond acceptors (Lipinski definition) is 5. The second kappa shape index (κ2) is 9.55. The standard InChI is InChI=1S/C24H26N4O4/c1-15-3-4-17(22(29)26-18-7-8-18)13-21(15)28-24(30)25-12-11-19-14-32-23(27-19)16-5-9-20(31-2)10-6-16/h3-6,9-10,13-14,18H,7-8,11-12H2,1-2H3,(H,26,29)(H2,25,28,30). The Kier molecular flexibility index (Phi) is 6.39. The van der Waals surface area contributed by atoms with Crippen molar-refractivity contribution in [3.05, 3.63) is 65.5 Å². The van der Waals surface area contributed by atoms with Crippen LogP contribution in [0.3, 0.4) is 0 Å². The van der Waals surface area contributed by atoms with Gasteiger partial charge in [-0.1, -0.05) is 6.07 Å². The fourth-order valence-corrected chi connectivity index (χ4v) is 3.15. The molecule has 3 N–H and O–H groups in total. The molecule has 0 bridgehead atoms. The van der Waals surface area contributed by atoms with E-state index in [1.807, 2.05) is 37.3 Å². The van der Waals surface area contributed by atoms with Crippen molar-refractivity contribution >= 4 is 17.6 Å². The number of amides is 3. The average Bonchev–Trinajstić information content (AvgIpc) is 3.49. The molecular weight excluding hydrogens is 408 g/mol. The Balaban J connectivity index is 1.28. The van der Waals surface area contributed by atoms with Crippen molar-refractivity contribution in [2.45, 2.75) is 32.2 Å². The number of oxazole rings is 1. The summed E-state index contributed by atoms with van der Waals surface area (Å²) in [7, 11) is 1.62. The number of carbonyl (C=O) groups excluding carboxylic acids is 2. The highest BCUT2D eigenvalue weighted by atomic mass is 16.5. The maximum Gasteiger partial charge on any atom is 0.319 e. The molecule has 1 aliphatic carbocycles. The Morgan fingerprint density at radius 3 is 2.66 bits per heavy atom. The lowest BCUT2D eigenvalue weighted by Gasteiger charge is -2.11. The fraction of sp³-hybridized carbons (Fsp3) is 0.292. The van der Waals surface area contributed by atoms with Gasteiger partial charge in [-0.15, -0.1) is 0 Å². The summed E-state index contributed by atoms with van der Waals surface area (Å²) in [4.78, 5) is 29.0. The van der Waals surface area contributed by atoms with E-state index in [1.54, 1.807) is 25.5 Å². The number of hydrogen-bond donors (Lipinski definition) is 3. The number of benzene rings is 2. The van der Waals surface area contributed by atoms with Gasteiger partial charge in [0.25, 0.3) is 5.91 Å². The van der Waals surface area contributed by atoms with Crippen LogP contribution in [-0.2, 0) is 6.42 Å². The van der Waals surface area contributed by atoms with Crippen molar-refractivity contribution in [2.24, 2.45) is 0 Å². The Hall–Kier alpha value is -3.81. The van der Waals surface area contributed by atoms with Gasteiger partial charge in [0.15, 0.2) is 0 Å². The van der Waals surface area contributed by atoms with Crippen molar-refractivity contribution in [3.63, 3.8) is 0 Å². The summed E-state index contributed by atoms with van der Waals surface area (Å²) in [5, 5.41) is 8.58. The molecule has 0 aliphatic heterocycles. The molecule has 3 amide bonds. The van der Waals surface area contributed by atoms with E-state index in [4.69, 9.17) is 9.15 Å². The molecular formula is C24H26N4O4. The molecule has 2 aromatic carbocycles. The smallest absolute Gasteiger partial charge is 0.319 e. The van der Waals surface area contributed by atoms with Crippen LogP contribution < -0.4 is 20.7 Å². The van der Waals surface area contributed by atoms with Gasteiger partial charge in [0.1, 0.15) is 12.0 Å². The Labute approximate surface area is 186 Å². The maximum atomic E-state index is 12.3. The predicted molar refractivity (Wildman–Crippen MR) is 121 cm³/mol. The topological polar surface area (TPSA) is 105 Å². The number of nitrogens with zero attached hydrogens (tertiary/aromatic N) is 1. The van der Waals surface area contributed by atoms with Crippen LogP contribution in [0.25, 0.3) is 11.5 Å². The van der Waals surface area contributed by atoms with Crippen LogP contribution in [0.5, 0.6) is 5.75 Å². The lowest BCUT2D eigenvalue weighted by molar-refractivity contribution is 0.0951. The van der Waals surface area contributed by atoms with E-state index in [9.17, 15) is 9.59 Å². The highest BCUT2D eigenvalue weighted by Gasteiger charge is 2.24. The van der Waals surface area contributed by atoms with Crippen molar-refractivity contribution in [2.75, 3.05) is 19.0 Å². The monoisotopic (exact) mass is 434 g/mol. The van der Waals surface area contributed by atoms with E-state index >= 15 is 0 Å². The van der Waals surface area contributed by atoms with Gasteiger partial charge < -0.3 is 25.1 Å². The number of urea groups is 1. The van der Waals surface area contributed by atoms with Gasteiger partial charge in [-0.05, 0) is 61.7 Å². The minimum Gasteiger partial charge on any atom is -0.497 e. The zero-order valence-electron chi connectivity index (χ0n) is 18.1. The Morgan fingerprint density at radius 1 is 1.16 bits per heavy atom. The summed E-state index contributed by atoms with van der Waals surface area (Å²) in [5.41, 5.74) is 3.61. The molecule has 0 radical (unpaired) electrons. The molecule has 32 heavy (non-hydrogen) atoms. The summed E-state index contributed by atoms with van der Waals surface area (Å²) in [5.74, 6) is 1.17. The van der Waals surface area contributed by atoms with Crippen LogP contribution in [0.1, 0.15) is 34.5 Å². The minimum absolute atomic E-state index is 0.116. The van der Waals surface area contributed by atoms with E-state index in [0.717, 1.165) is 35.4 Å². The number of carbonyl (C=O) groups is 2. The first-order chi connectivity index (χ1) is 15.5. The highest BCUT2D eigenvalue weighted by molar-refractivity contribution is 5.97. The van der Waals surface area contributed by atoms with Crippen molar-refractivity contribution in [3.8, 4) is 17.2 Å². The molecule has 1 saturated carbocycles. The molecule has 4 rings (SSSR count). The summed E-state index contributed by atoms with van der Waals surface area (Å²) in [6, 6.07) is 12.7. The molecule has 0 atom stereocenters. The average molecular weight is 434 g/mol. The van der Waals surface area contributed by atoms with Crippen molar-refractivity contribution in [1.29, 1.82) is 0 Å². The third-order valence-electron chi connectivity index (χ3n) is 5.22. The molecule has 3 aromatic rings. The Morgan fingerprint density at radius 2 is 1.94 bits per heavy atom. The van der Waals surface area contributed by atoms with E-state index in [2.05, 4.69) is 20.9 Å². The van der Waals surface area contributed by atoms with E-state index in [-0.39, 0.29) is 18.0 Å². The van der Waals surface area contributed by atoms with Gasteiger partial charge in [0.05, 0.1) is 12.8 Å². The summed E-state index contributed by atoms with van der Waals surface area (Å²) < 4.78 is 10.7. The second-order valence-corrected chi connectivity index (χ2v) is 7.78.